The van der Waals surface area contributed by atoms with Crippen molar-refractivity contribution in [2.75, 3.05) is 31.1 Å². The monoisotopic (exact) mass is 585 g/mol. The largest absolute Gasteiger partial charge is 0.354 e. The Balaban J connectivity index is 1.33. The molecule has 220 valence electrons. The highest BCUT2D eigenvalue weighted by molar-refractivity contribution is 7.13. The second kappa shape index (κ2) is 12.3. The average molecular weight is 586 g/mol. The minimum Gasteiger partial charge on any atom is -0.354 e. The van der Waals surface area contributed by atoms with Crippen LogP contribution in [0.5, 0.6) is 0 Å². The van der Waals surface area contributed by atoms with Gasteiger partial charge in [-0.3, -0.25) is 9.59 Å². The number of Topliss-reactive ketones (excluding diaryl/α,β-unsaturated/α-hetero) is 1. The predicted octanol–water partition coefficient (Wildman–Crippen LogP) is 5.32. The first kappa shape index (κ1) is 28.5. The van der Waals surface area contributed by atoms with Crippen LogP contribution in [0.3, 0.4) is 0 Å². The van der Waals surface area contributed by atoms with Crippen LogP contribution in [0.25, 0.3) is 27.5 Å². The molecular weight excluding hydrogens is 546 g/mol. The van der Waals surface area contributed by atoms with Crippen LogP contribution in [-0.2, 0) is 4.79 Å². The Bertz CT molecular complexity index is 1560. The molecule has 1 saturated heterocycles. The maximum absolute atomic E-state index is 13.6. The molecule has 0 radical (unpaired) electrons. The van der Waals surface area contributed by atoms with Gasteiger partial charge >= 0.3 is 0 Å². The summed E-state index contributed by atoms with van der Waals surface area (Å²) in [7, 11) is 0. The van der Waals surface area contributed by atoms with Crippen LogP contribution >= 0.6 is 11.3 Å². The van der Waals surface area contributed by atoms with Gasteiger partial charge in [0.1, 0.15) is 11.9 Å². The van der Waals surface area contributed by atoms with Crippen LogP contribution in [0.4, 0.5) is 5.82 Å². The average Bonchev–Trinajstić information content (AvgIpc) is 3.46. The minimum atomic E-state index is -0.274. The van der Waals surface area contributed by atoms with E-state index in [4.69, 9.17) is 9.97 Å². The number of carbonyl (C=O) groups is 2. The fraction of sp³-hybridized carbons (Fsp3) is 0.469. The van der Waals surface area contributed by atoms with E-state index in [0.29, 0.717) is 41.1 Å². The summed E-state index contributed by atoms with van der Waals surface area (Å²) in [4.78, 5) is 42.1. The van der Waals surface area contributed by atoms with Gasteiger partial charge in [0.25, 0.3) is 0 Å². The molecule has 2 aliphatic rings. The van der Waals surface area contributed by atoms with E-state index < -0.39 is 0 Å². The van der Waals surface area contributed by atoms with Crippen molar-refractivity contribution < 1.29 is 9.59 Å². The first-order valence-corrected chi connectivity index (χ1v) is 16.1. The van der Waals surface area contributed by atoms with E-state index in [2.05, 4.69) is 36.1 Å². The van der Waals surface area contributed by atoms with Crippen molar-refractivity contribution in [3.8, 4) is 21.8 Å². The highest BCUT2D eigenvalue weighted by Crippen LogP contribution is 2.33. The third kappa shape index (κ3) is 5.96. The topological polar surface area (TPSA) is 95.7 Å². The first-order chi connectivity index (χ1) is 20.4. The summed E-state index contributed by atoms with van der Waals surface area (Å²) in [5.74, 6) is 1.39. The van der Waals surface area contributed by atoms with Gasteiger partial charge in [-0.25, -0.2) is 14.5 Å². The van der Waals surface area contributed by atoms with Crippen molar-refractivity contribution in [1.29, 1.82) is 0 Å². The summed E-state index contributed by atoms with van der Waals surface area (Å²) in [6.45, 7) is 9.88. The molecule has 1 amide bonds. The van der Waals surface area contributed by atoms with E-state index in [1.165, 1.54) is 12.8 Å². The number of rotatable bonds is 13. The summed E-state index contributed by atoms with van der Waals surface area (Å²) >= 11 is 1.64. The molecule has 2 atom stereocenters. The smallest absolute Gasteiger partial charge is 0.242 e. The minimum absolute atomic E-state index is 0.0412. The van der Waals surface area contributed by atoms with Gasteiger partial charge in [0.15, 0.2) is 11.4 Å². The molecule has 1 N–H and O–H groups in total. The molecule has 42 heavy (non-hydrogen) atoms. The van der Waals surface area contributed by atoms with Gasteiger partial charge in [-0.05, 0) is 81.3 Å². The van der Waals surface area contributed by atoms with Gasteiger partial charge in [-0.2, -0.15) is 5.10 Å². The number of anilines is 1. The Kier molecular flexibility index (Phi) is 8.35. The van der Waals surface area contributed by atoms with Crippen LogP contribution in [0.1, 0.15) is 63.2 Å². The molecular formula is C32H39N7O2S. The second-order valence-corrected chi connectivity index (χ2v) is 12.4. The molecule has 2 fully saturated rings. The zero-order chi connectivity index (χ0) is 29.2. The Morgan fingerprint density at radius 2 is 1.95 bits per heavy atom. The molecule has 9 nitrogen and oxygen atoms in total. The molecule has 1 aliphatic heterocycles. The van der Waals surface area contributed by atoms with Gasteiger partial charge in [0.05, 0.1) is 28.0 Å². The molecule has 10 heteroatoms. The number of ketones is 1. The Labute approximate surface area is 251 Å². The van der Waals surface area contributed by atoms with E-state index in [0.717, 1.165) is 55.2 Å². The number of amides is 1. The molecule has 5 heterocycles. The molecule has 1 saturated carbocycles. The number of hydrogen-bond acceptors (Lipinski definition) is 8. The Morgan fingerprint density at radius 1 is 1.12 bits per heavy atom. The van der Waals surface area contributed by atoms with E-state index in [9.17, 15) is 9.59 Å². The highest BCUT2D eigenvalue weighted by Gasteiger charge is 2.36. The van der Waals surface area contributed by atoms with Crippen molar-refractivity contribution in [1.82, 2.24) is 29.8 Å². The highest BCUT2D eigenvalue weighted by atomic mass is 32.1. The zero-order valence-electron chi connectivity index (χ0n) is 24.6. The SMILES string of the molecule is CCN(CC)[C@@H](C)CCC(=O)c1cc(-c2cnn3ccc(-c4cccs4)nc23)nc(N2CC[C@H]2C(=O)NCC2CC2)c1. The van der Waals surface area contributed by atoms with Crippen molar-refractivity contribution in [2.24, 2.45) is 5.92 Å². The lowest BCUT2D eigenvalue weighted by molar-refractivity contribution is -0.123. The second-order valence-electron chi connectivity index (χ2n) is 11.4. The lowest BCUT2D eigenvalue weighted by Crippen LogP contribution is -2.57. The predicted molar refractivity (Wildman–Crippen MR) is 167 cm³/mol. The summed E-state index contributed by atoms with van der Waals surface area (Å²) in [5.41, 5.74) is 3.56. The maximum atomic E-state index is 13.6. The molecule has 1 aliphatic carbocycles. The van der Waals surface area contributed by atoms with Crippen molar-refractivity contribution in [3.05, 3.63) is 53.7 Å². The lowest BCUT2D eigenvalue weighted by Gasteiger charge is -2.41. The van der Waals surface area contributed by atoms with Gasteiger partial charge in [0.2, 0.25) is 5.91 Å². The number of hydrogen-bond donors (Lipinski definition) is 1. The molecule has 0 aromatic carbocycles. The summed E-state index contributed by atoms with van der Waals surface area (Å²) < 4.78 is 1.74. The third-order valence-corrected chi connectivity index (χ3v) is 9.55. The van der Waals surface area contributed by atoms with Gasteiger partial charge in [-0.15, -0.1) is 11.3 Å². The molecule has 0 bridgehead atoms. The maximum Gasteiger partial charge on any atom is 0.242 e. The number of nitrogens with one attached hydrogen (secondary N) is 1. The van der Waals surface area contributed by atoms with Crippen molar-refractivity contribution in [3.63, 3.8) is 0 Å². The number of carbonyl (C=O) groups excluding carboxylic acids is 2. The molecule has 4 aromatic rings. The molecule has 0 spiro atoms. The Hall–Kier alpha value is -3.63. The van der Waals surface area contributed by atoms with Crippen LogP contribution in [0.2, 0.25) is 0 Å². The summed E-state index contributed by atoms with van der Waals surface area (Å²) in [5, 5.41) is 9.69. The number of thiophene rings is 1. The van der Waals surface area contributed by atoms with Gasteiger partial charge < -0.3 is 15.1 Å². The van der Waals surface area contributed by atoms with E-state index in [1.807, 2.05) is 46.8 Å². The zero-order valence-corrected chi connectivity index (χ0v) is 25.4. The van der Waals surface area contributed by atoms with E-state index in [1.54, 1.807) is 22.0 Å². The van der Waals surface area contributed by atoms with Crippen molar-refractivity contribution in [2.45, 2.75) is 65.0 Å². The number of fused-ring (bicyclic) bond motifs is 1. The van der Waals surface area contributed by atoms with Gasteiger partial charge in [-0.1, -0.05) is 19.9 Å². The fourth-order valence-electron chi connectivity index (χ4n) is 5.71. The van der Waals surface area contributed by atoms with Crippen LogP contribution in [0.15, 0.2) is 48.1 Å². The number of pyridine rings is 1. The van der Waals surface area contributed by atoms with Crippen LogP contribution < -0.4 is 10.2 Å². The first-order valence-electron chi connectivity index (χ1n) is 15.2. The Morgan fingerprint density at radius 3 is 2.64 bits per heavy atom. The van der Waals surface area contributed by atoms with E-state index in [-0.39, 0.29) is 17.7 Å². The summed E-state index contributed by atoms with van der Waals surface area (Å²) in [6, 6.07) is 9.79. The van der Waals surface area contributed by atoms with E-state index >= 15 is 0 Å². The van der Waals surface area contributed by atoms with Crippen LogP contribution in [-0.4, -0.2) is 74.4 Å². The number of nitrogens with zero attached hydrogens (tertiary/aromatic N) is 6. The fourth-order valence-corrected chi connectivity index (χ4v) is 6.40. The molecule has 6 rings (SSSR count). The molecule has 4 aromatic heterocycles. The van der Waals surface area contributed by atoms with Crippen LogP contribution in [0, 0.1) is 5.92 Å². The normalized spacial score (nSPS) is 17.4. The quantitative estimate of drug-likeness (QED) is 0.212. The van der Waals surface area contributed by atoms with Gasteiger partial charge in [0, 0.05) is 37.3 Å². The lowest BCUT2D eigenvalue weighted by atomic mass is 9.99. The van der Waals surface area contributed by atoms with Crippen molar-refractivity contribution >= 4 is 34.5 Å². The number of aromatic nitrogens is 4. The standard InChI is InChI=1S/C32H39N7O2S/c1-4-37(5-2)21(3)8-11-28(40)23-17-26(24-20-34-39-15-12-25(36-31(24)39)29-7-6-16-42-29)35-30(18-23)38-14-13-27(38)32(41)33-19-22-9-10-22/h6-7,12,15-18,20-22,27H,4-5,8-11,13-14,19H2,1-3H3,(H,33,41)/t21-,27-/m0/s1. The third-order valence-electron chi connectivity index (χ3n) is 8.66. The molecule has 0 unspecified atom stereocenters. The summed E-state index contributed by atoms with van der Waals surface area (Å²) in [6.07, 6.45) is 8.06.